The van der Waals surface area contributed by atoms with Crippen molar-refractivity contribution in [3.63, 3.8) is 0 Å². The molecule has 0 bridgehead atoms. The lowest BCUT2D eigenvalue weighted by Crippen LogP contribution is -2.52. The molecule has 5 rings (SSSR count). The maximum absolute atomic E-state index is 9.82. The molecule has 1 atom stereocenters. The smallest absolute Gasteiger partial charge is 0.255 e. The van der Waals surface area contributed by atoms with Gasteiger partial charge in [0, 0.05) is 5.70 Å². The van der Waals surface area contributed by atoms with Gasteiger partial charge in [0.1, 0.15) is 17.4 Å². The van der Waals surface area contributed by atoms with Crippen LogP contribution in [-0.2, 0) is 4.74 Å². The summed E-state index contributed by atoms with van der Waals surface area (Å²) in [7, 11) is 0. The quantitative estimate of drug-likeness (QED) is 0.668. The van der Waals surface area contributed by atoms with Crippen molar-refractivity contribution in [2.45, 2.75) is 12.6 Å². The molecule has 0 saturated heterocycles. The summed E-state index contributed by atoms with van der Waals surface area (Å²) in [5.74, 6) is 0.885. The lowest BCUT2D eigenvalue weighted by Gasteiger charge is -2.36. The van der Waals surface area contributed by atoms with Gasteiger partial charge in [0.15, 0.2) is 5.57 Å². The van der Waals surface area contributed by atoms with Crippen molar-refractivity contribution in [3.8, 4) is 11.8 Å². The van der Waals surface area contributed by atoms with Gasteiger partial charge in [0.05, 0.1) is 17.1 Å². The maximum atomic E-state index is 9.82. The molecule has 0 radical (unpaired) electrons. The van der Waals surface area contributed by atoms with E-state index in [1.165, 1.54) is 0 Å². The number of benzene rings is 2. The number of ether oxygens (including phenoxy) is 2. The second-order valence-corrected chi connectivity index (χ2v) is 6.42. The van der Waals surface area contributed by atoms with Crippen LogP contribution < -0.4 is 21.1 Å². The molecule has 7 nitrogen and oxygen atoms in total. The van der Waals surface area contributed by atoms with E-state index in [0.717, 1.165) is 17.1 Å². The van der Waals surface area contributed by atoms with Crippen molar-refractivity contribution in [2.24, 2.45) is 10.7 Å². The molecular weight excluding hydrogens is 342 g/mol. The average molecular weight is 357 g/mol. The summed E-state index contributed by atoms with van der Waals surface area (Å²) in [5.41, 5.74) is 8.58. The van der Waals surface area contributed by atoms with Gasteiger partial charge >= 0.3 is 0 Å². The molecule has 2 aromatic carbocycles. The SMILES string of the molecule is CC1=C2C(=Nc3ccccc3N1)OC(N)=C(C#N)C21Nc2ccccc2O1. The highest BCUT2D eigenvalue weighted by Crippen LogP contribution is 2.48. The topological polar surface area (TPSA) is 105 Å². The van der Waals surface area contributed by atoms with E-state index in [1.807, 2.05) is 55.5 Å². The molecule has 7 heteroatoms. The summed E-state index contributed by atoms with van der Waals surface area (Å²) in [6.45, 7) is 1.89. The lowest BCUT2D eigenvalue weighted by atomic mass is 9.91. The van der Waals surface area contributed by atoms with Gasteiger partial charge in [-0.25, -0.2) is 4.99 Å². The van der Waals surface area contributed by atoms with Crippen LogP contribution in [0, 0.1) is 11.3 Å². The molecule has 0 saturated carbocycles. The standard InChI is InChI=1S/C20H15N5O2/c1-11-17-19(24-14-7-3-2-6-13(14)23-11)26-18(22)12(10-21)20(17)25-15-8-4-5-9-16(15)27-20/h2-9,23,25H,22H2,1H3. The number of allylic oxidation sites excluding steroid dienone is 1. The fraction of sp³-hybridized carbons (Fsp3) is 0.100. The van der Waals surface area contributed by atoms with Gasteiger partial charge in [-0.05, 0) is 31.2 Å². The Labute approximate surface area is 155 Å². The molecule has 3 aliphatic heterocycles. The predicted octanol–water partition coefficient (Wildman–Crippen LogP) is 3.34. The Morgan fingerprint density at radius 2 is 1.85 bits per heavy atom. The molecule has 0 aromatic heterocycles. The number of anilines is 2. The molecule has 4 N–H and O–H groups in total. The number of rotatable bonds is 0. The second-order valence-electron chi connectivity index (χ2n) is 6.42. The van der Waals surface area contributed by atoms with Gasteiger partial charge in [-0.2, -0.15) is 5.26 Å². The van der Waals surface area contributed by atoms with Crippen molar-refractivity contribution < 1.29 is 9.47 Å². The van der Waals surface area contributed by atoms with Gasteiger partial charge in [0.25, 0.3) is 5.72 Å². The van der Waals surface area contributed by atoms with Crippen molar-refractivity contribution in [1.82, 2.24) is 0 Å². The normalized spacial score (nSPS) is 22.1. The van der Waals surface area contributed by atoms with Crippen LogP contribution in [0.25, 0.3) is 0 Å². The van der Waals surface area contributed by atoms with E-state index in [1.54, 1.807) is 0 Å². The van der Waals surface area contributed by atoms with Crippen molar-refractivity contribution in [2.75, 3.05) is 10.6 Å². The molecule has 3 heterocycles. The largest absolute Gasteiger partial charge is 0.456 e. The third-order valence-electron chi connectivity index (χ3n) is 4.77. The highest BCUT2D eigenvalue weighted by molar-refractivity contribution is 6.04. The van der Waals surface area contributed by atoms with Crippen LogP contribution in [0.3, 0.4) is 0 Å². The number of nitrogens with two attached hydrogens (primary N) is 1. The van der Waals surface area contributed by atoms with E-state index in [2.05, 4.69) is 21.7 Å². The molecule has 0 aliphatic carbocycles. The highest BCUT2D eigenvalue weighted by Gasteiger charge is 2.55. The number of aliphatic imine (C=N–C) groups is 1. The zero-order chi connectivity index (χ0) is 18.6. The van der Waals surface area contributed by atoms with E-state index in [9.17, 15) is 5.26 Å². The predicted molar refractivity (Wildman–Crippen MR) is 101 cm³/mol. The third kappa shape index (κ3) is 2.04. The maximum Gasteiger partial charge on any atom is 0.255 e. The van der Waals surface area contributed by atoms with Gasteiger partial charge in [-0.1, -0.05) is 24.3 Å². The summed E-state index contributed by atoms with van der Waals surface area (Å²) in [5, 5.41) is 16.5. The van der Waals surface area contributed by atoms with Crippen LogP contribution in [0.1, 0.15) is 6.92 Å². The Hall–Kier alpha value is -3.92. The van der Waals surface area contributed by atoms with E-state index < -0.39 is 5.72 Å². The Morgan fingerprint density at radius 3 is 2.63 bits per heavy atom. The molecule has 0 fully saturated rings. The lowest BCUT2D eigenvalue weighted by molar-refractivity contribution is 0.185. The Balaban J connectivity index is 1.78. The zero-order valence-electron chi connectivity index (χ0n) is 14.4. The molecule has 1 spiro atoms. The zero-order valence-corrected chi connectivity index (χ0v) is 14.4. The number of hydrogen-bond donors (Lipinski definition) is 3. The van der Waals surface area contributed by atoms with Crippen molar-refractivity contribution >= 4 is 23.0 Å². The van der Waals surface area contributed by atoms with E-state index in [4.69, 9.17) is 15.2 Å². The molecule has 2 aromatic rings. The molecule has 3 aliphatic rings. The van der Waals surface area contributed by atoms with E-state index in [0.29, 0.717) is 22.9 Å². The van der Waals surface area contributed by atoms with Crippen LogP contribution in [0.5, 0.6) is 5.75 Å². The second kappa shape index (κ2) is 5.29. The molecule has 27 heavy (non-hydrogen) atoms. The van der Waals surface area contributed by atoms with E-state index in [-0.39, 0.29) is 11.5 Å². The fourth-order valence-electron chi connectivity index (χ4n) is 3.61. The van der Waals surface area contributed by atoms with Crippen molar-refractivity contribution in [1.29, 1.82) is 5.26 Å². The van der Waals surface area contributed by atoms with Crippen molar-refractivity contribution in [3.05, 3.63) is 71.3 Å². The first kappa shape index (κ1) is 15.3. The van der Waals surface area contributed by atoms with E-state index >= 15 is 0 Å². The summed E-state index contributed by atoms with van der Waals surface area (Å²) >= 11 is 0. The Morgan fingerprint density at radius 1 is 1.11 bits per heavy atom. The Bertz CT molecular complexity index is 1100. The molecule has 1 unspecified atom stereocenters. The first-order valence-electron chi connectivity index (χ1n) is 8.43. The Kier molecular flexibility index (Phi) is 3.00. The minimum Gasteiger partial charge on any atom is -0.456 e. The van der Waals surface area contributed by atoms with Crippen LogP contribution in [-0.4, -0.2) is 11.6 Å². The minimum absolute atomic E-state index is 0.0347. The summed E-state index contributed by atoms with van der Waals surface area (Å²) in [6.07, 6.45) is 0. The first-order chi connectivity index (χ1) is 13.1. The number of nitrogens with zero attached hydrogens (tertiary/aromatic N) is 2. The van der Waals surface area contributed by atoms with Gasteiger partial charge in [0.2, 0.25) is 11.8 Å². The number of nitriles is 1. The molecule has 132 valence electrons. The summed E-state index contributed by atoms with van der Waals surface area (Å²) in [4.78, 5) is 4.64. The number of nitrogens with one attached hydrogen (secondary N) is 2. The van der Waals surface area contributed by atoms with Gasteiger partial charge < -0.3 is 25.8 Å². The number of fused-ring (bicyclic) bond motifs is 4. The van der Waals surface area contributed by atoms with Crippen LogP contribution in [0.15, 0.2) is 76.2 Å². The van der Waals surface area contributed by atoms with Gasteiger partial charge in [-0.3, -0.25) is 0 Å². The summed E-state index contributed by atoms with van der Waals surface area (Å²) in [6, 6.07) is 17.2. The fourth-order valence-corrected chi connectivity index (χ4v) is 3.61. The van der Waals surface area contributed by atoms with Gasteiger partial charge in [-0.15, -0.1) is 0 Å². The van der Waals surface area contributed by atoms with Crippen LogP contribution >= 0.6 is 0 Å². The van der Waals surface area contributed by atoms with Crippen LogP contribution in [0.4, 0.5) is 17.1 Å². The molecular formula is C20H15N5O2. The number of hydrogen-bond acceptors (Lipinski definition) is 7. The summed E-state index contributed by atoms with van der Waals surface area (Å²) < 4.78 is 12.0. The third-order valence-corrected chi connectivity index (χ3v) is 4.77. The monoisotopic (exact) mass is 357 g/mol. The first-order valence-corrected chi connectivity index (χ1v) is 8.43. The number of para-hydroxylation sites is 4. The minimum atomic E-state index is -1.31. The van der Waals surface area contributed by atoms with Crippen LogP contribution in [0.2, 0.25) is 0 Å². The molecule has 0 amide bonds. The highest BCUT2D eigenvalue weighted by atomic mass is 16.5. The average Bonchev–Trinajstić information content (AvgIpc) is 2.94.